The van der Waals surface area contributed by atoms with E-state index in [4.69, 9.17) is 0 Å². The first kappa shape index (κ1) is 12.8. The van der Waals surface area contributed by atoms with Crippen molar-refractivity contribution < 1.29 is 0 Å². The second kappa shape index (κ2) is 6.36. The molecule has 0 saturated carbocycles. The van der Waals surface area contributed by atoms with Crippen molar-refractivity contribution in [2.24, 2.45) is 7.05 Å². The van der Waals surface area contributed by atoms with Gasteiger partial charge in [0.05, 0.1) is 18.1 Å². The van der Waals surface area contributed by atoms with Crippen molar-refractivity contribution in [3.8, 4) is 0 Å². The molecule has 0 aliphatic heterocycles. The Bertz CT molecular complexity index is 462. The predicted molar refractivity (Wildman–Crippen MR) is 74.4 cm³/mol. The minimum absolute atomic E-state index is 0.356. The summed E-state index contributed by atoms with van der Waals surface area (Å²) in [6.45, 7) is 0. The molecular formula is C15H21N3. The maximum Gasteiger partial charge on any atom is 0.0947 e. The molecule has 2 aromatic rings. The fraction of sp³-hybridized carbons (Fsp3) is 0.400. The molecule has 1 N–H and O–H groups in total. The fourth-order valence-electron chi connectivity index (χ4n) is 2.21. The molecule has 1 heterocycles. The SMILES string of the molecule is CNC(CCCc1ccccc1)c1cn(C)cn1. The average Bonchev–Trinajstić information content (AvgIpc) is 2.82. The average molecular weight is 243 g/mol. The first-order chi connectivity index (χ1) is 8.79. The highest BCUT2D eigenvalue weighted by molar-refractivity contribution is 5.14. The monoisotopic (exact) mass is 243 g/mol. The highest BCUT2D eigenvalue weighted by Gasteiger charge is 2.11. The molecule has 0 bridgehead atoms. The van der Waals surface area contributed by atoms with Gasteiger partial charge in [-0.15, -0.1) is 0 Å². The molecule has 3 heteroatoms. The maximum atomic E-state index is 4.41. The van der Waals surface area contributed by atoms with Gasteiger partial charge in [-0.2, -0.15) is 0 Å². The van der Waals surface area contributed by atoms with Crippen LogP contribution in [0.2, 0.25) is 0 Å². The number of rotatable bonds is 6. The van der Waals surface area contributed by atoms with Crippen molar-refractivity contribution in [3.05, 3.63) is 54.1 Å². The van der Waals surface area contributed by atoms with E-state index in [1.807, 2.05) is 25.0 Å². The molecule has 0 saturated heterocycles. The normalized spacial score (nSPS) is 12.6. The Balaban J connectivity index is 1.85. The lowest BCUT2D eigenvalue weighted by molar-refractivity contribution is 0.517. The molecule has 0 aliphatic rings. The Morgan fingerprint density at radius 2 is 2.06 bits per heavy atom. The highest BCUT2D eigenvalue weighted by Crippen LogP contribution is 2.17. The third-order valence-electron chi connectivity index (χ3n) is 3.23. The van der Waals surface area contributed by atoms with E-state index in [0.29, 0.717) is 6.04 Å². The molecule has 1 aromatic carbocycles. The molecule has 0 aliphatic carbocycles. The van der Waals surface area contributed by atoms with E-state index in [9.17, 15) is 0 Å². The van der Waals surface area contributed by atoms with Gasteiger partial charge in [-0.05, 0) is 31.9 Å². The molecule has 0 fully saturated rings. The number of imidazole rings is 1. The lowest BCUT2D eigenvalue weighted by Gasteiger charge is -2.13. The summed E-state index contributed by atoms with van der Waals surface area (Å²) >= 11 is 0. The third kappa shape index (κ3) is 3.44. The summed E-state index contributed by atoms with van der Waals surface area (Å²) in [6.07, 6.45) is 7.36. The zero-order valence-electron chi connectivity index (χ0n) is 11.1. The number of aromatic nitrogens is 2. The van der Waals surface area contributed by atoms with E-state index in [1.54, 1.807) is 0 Å². The number of hydrogen-bond donors (Lipinski definition) is 1. The number of aryl methyl sites for hydroxylation is 2. The van der Waals surface area contributed by atoms with Gasteiger partial charge >= 0.3 is 0 Å². The van der Waals surface area contributed by atoms with Gasteiger partial charge < -0.3 is 9.88 Å². The molecule has 2 rings (SSSR count). The number of benzene rings is 1. The maximum absolute atomic E-state index is 4.41. The Morgan fingerprint density at radius 3 is 2.67 bits per heavy atom. The van der Waals surface area contributed by atoms with E-state index in [1.165, 1.54) is 12.0 Å². The Labute approximate surface area is 109 Å². The summed E-state index contributed by atoms with van der Waals surface area (Å²) in [5.41, 5.74) is 2.54. The van der Waals surface area contributed by atoms with Gasteiger partial charge in [-0.25, -0.2) is 4.98 Å². The van der Waals surface area contributed by atoms with Crippen molar-refractivity contribution in [1.82, 2.24) is 14.9 Å². The molecule has 0 radical (unpaired) electrons. The Hall–Kier alpha value is -1.61. The van der Waals surface area contributed by atoms with E-state index in [2.05, 4.69) is 46.8 Å². The van der Waals surface area contributed by atoms with E-state index in [0.717, 1.165) is 18.5 Å². The minimum Gasteiger partial charge on any atom is -0.340 e. The predicted octanol–water partition coefficient (Wildman–Crippen LogP) is 2.70. The van der Waals surface area contributed by atoms with Crippen LogP contribution in [0, 0.1) is 0 Å². The largest absolute Gasteiger partial charge is 0.340 e. The Morgan fingerprint density at radius 1 is 1.28 bits per heavy atom. The zero-order valence-corrected chi connectivity index (χ0v) is 11.1. The van der Waals surface area contributed by atoms with Gasteiger partial charge in [0.15, 0.2) is 0 Å². The molecule has 96 valence electrons. The number of nitrogens with one attached hydrogen (secondary N) is 1. The highest BCUT2D eigenvalue weighted by atomic mass is 15.0. The van der Waals surface area contributed by atoms with Crippen molar-refractivity contribution in [2.75, 3.05) is 7.05 Å². The van der Waals surface area contributed by atoms with Crippen molar-refractivity contribution in [2.45, 2.75) is 25.3 Å². The van der Waals surface area contributed by atoms with Crippen molar-refractivity contribution in [1.29, 1.82) is 0 Å². The first-order valence-electron chi connectivity index (χ1n) is 6.48. The fourth-order valence-corrected chi connectivity index (χ4v) is 2.21. The molecule has 1 aromatic heterocycles. The van der Waals surface area contributed by atoms with Gasteiger partial charge in [0.25, 0.3) is 0 Å². The van der Waals surface area contributed by atoms with Gasteiger partial charge in [0.2, 0.25) is 0 Å². The second-order valence-corrected chi connectivity index (χ2v) is 4.68. The molecule has 1 unspecified atom stereocenters. The molecule has 3 nitrogen and oxygen atoms in total. The summed E-state index contributed by atoms with van der Waals surface area (Å²) in [4.78, 5) is 4.41. The minimum atomic E-state index is 0.356. The van der Waals surface area contributed by atoms with Crippen molar-refractivity contribution in [3.63, 3.8) is 0 Å². The van der Waals surface area contributed by atoms with Crippen LogP contribution in [-0.4, -0.2) is 16.6 Å². The van der Waals surface area contributed by atoms with Gasteiger partial charge in [-0.3, -0.25) is 0 Å². The van der Waals surface area contributed by atoms with Crippen LogP contribution in [0.15, 0.2) is 42.9 Å². The third-order valence-corrected chi connectivity index (χ3v) is 3.23. The van der Waals surface area contributed by atoms with Gasteiger partial charge in [0.1, 0.15) is 0 Å². The Kier molecular flexibility index (Phi) is 4.53. The second-order valence-electron chi connectivity index (χ2n) is 4.68. The van der Waals surface area contributed by atoms with E-state index < -0.39 is 0 Å². The summed E-state index contributed by atoms with van der Waals surface area (Å²) in [6, 6.07) is 11.0. The molecule has 0 amide bonds. The van der Waals surface area contributed by atoms with Crippen LogP contribution >= 0.6 is 0 Å². The van der Waals surface area contributed by atoms with Crippen LogP contribution in [0.25, 0.3) is 0 Å². The summed E-state index contributed by atoms with van der Waals surface area (Å²) < 4.78 is 2.00. The number of hydrogen-bond acceptors (Lipinski definition) is 2. The van der Waals surface area contributed by atoms with Crippen LogP contribution in [0.1, 0.15) is 30.1 Å². The molecule has 0 spiro atoms. The standard InChI is InChI=1S/C15H21N3/c1-16-14(15-11-18(2)12-17-15)10-6-9-13-7-4-3-5-8-13/h3-5,7-8,11-12,14,16H,6,9-10H2,1-2H3. The van der Waals surface area contributed by atoms with Crippen LogP contribution < -0.4 is 5.32 Å². The van der Waals surface area contributed by atoms with Crippen LogP contribution in [-0.2, 0) is 13.5 Å². The van der Waals surface area contributed by atoms with Crippen molar-refractivity contribution >= 4 is 0 Å². The lowest BCUT2D eigenvalue weighted by atomic mass is 10.0. The number of nitrogens with zero attached hydrogens (tertiary/aromatic N) is 2. The quantitative estimate of drug-likeness (QED) is 0.845. The van der Waals surface area contributed by atoms with Gasteiger partial charge in [0, 0.05) is 13.2 Å². The first-order valence-corrected chi connectivity index (χ1v) is 6.48. The van der Waals surface area contributed by atoms with Crippen LogP contribution in [0.3, 0.4) is 0 Å². The smallest absolute Gasteiger partial charge is 0.0947 e. The van der Waals surface area contributed by atoms with Crippen LogP contribution in [0.4, 0.5) is 0 Å². The molecular weight excluding hydrogens is 222 g/mol. The topological polar surface area (TPSA) is 29.9 Å². The van der Waals surface area contributed by atoms with E-state index in [-0.39, 0.29) is 0 Å². The molecule has 1 atom stereocenters. The zero-order chi connectivity index (χ0) is 12.8. The lowest BCUT2D eigenvalue weighted by Crippen LogP contribution is -2.16. The molecule has 18 heavy (non-hydrogen) atoms. The summed E-state index contributed by atoms with van der Waals surface area (Å²) in [7, 11) is 4.01. The van der Waals surface area contributed by atoms with Gasteiger partial charge in [-0.1, -0.05) is 30.3 Å². The van der Waals surface area contributed by atoms with E-state index >= 15 is 0 Å². The van der Waals surface area contributed by atoms with Crippen LogP contribution in [0.5, 0.6) is 0 Å². The summed E-state index contributed by atoms with van der Waals surface area (Å²) in [5.74, 6) is 0. The summed E-state index contributed by atoms with van der Waals surface area (Å²) in [5, 5.41) is 3.34.